The second-order valence-corrected chi connectivity index (χ2v) is 5.21. The lowest BCUT2D eigenvalue weighted by Crippen LogP contribution is -2.18. The molecule has 0 radical (unpaired) electrons. The van der Waals surface area contributed by atoms with Gasteiger partial charge in [-0.25, -0.2) is 0 Å². The summed E-state index contributed by atoms with van der Waals surface area (Å²) in [6.45, 7) is 0. The molecular formula is C17H17NO2. The Bertz CT molecular complexity index is 622. The molecule has 1 aliphatic rings. The number of benzene rings is 2. The van der Waals surface area contributed by atoms with Gasteiger partial charge in [-0.15, -0.1) is 0 Å². The summed E-state index contributed by atoms with van der Waals surface area (Å²) in [6.07, 6.45) is 2.11. The summed E-state index contributed by atoms with van der Waals surface area (Å²) in [6, 6.07) is 16.7. The van der Waals surface area contributed by atoms with E-state index in [0.717, 1.165) is 24.1 Å². The number of nitrogens with one attached hydrogen (secondary N) is 1. The van der Waals surface area contributed by atoms with Crippen LogP contribution in [0.3, 0.4) is 0 Å². The lowest BCUT2D eigenvalue weighted by atomic mass is 9.92. The summed E-state index contributed by atoms with van der Waals surface area (Å²) in [5.41, 5.74) is 4.51. The van der Waals surface area contributed by atoms with Crippen molar-refractivity contribution >= 4 is 11.7 Å². The SMILES string of the molecule is O=C(O)Cc1ccc2c(c1)CCC(c1ccccc1)N2. The van der Waals surface area contributed by atoms with Crippen molar-refractivity contribution < 1.29 is 9.90 Å². The van der Waals surface area contributed by atoms with E-state index < -0.39 is 5.97 Å². The molecule has 2 N–H and O–H groups in total. The van der Waals surface area contributed by atoms with E-state index in [0.29, 0.717) is 6.04 Å². The number of carbonyl (C=O) groups is 1. The number of aryl methyl sites for hydroxylation is 1. The maximum atomic E-state index is 10.8. The third-order valence-electron chi connectivity index (χ3n) is 3.76. The summed E-state index contributed by atoms with van der Waals surface area (Å²) < 4.78 is 0. The second-order valence-electron chi connectivity index (χ2n) is 5.21. The molecule has 1 heterocycles. The molecule has 0 aliphatic carbocycles. The topological polar surface area (TPSA) is 49.3 Å². The molecule has 3 rings (SSSR count). The van der Waals surface area contributed by atoms with Crippen molar-refractivity contribution in [3.05, 3.63) is 65.2 Å². The Morgan fingerprint density at radius 2 is 2.00 bits per heavy atom. The van der Waals surface area contributed by atoms with Gasteiger partial charge in [0.15, 0.2) is 0 Å². The Kier molecular flexibility index (Phi) is 3.42. The van der Waals surface area contributed by atoms with E-state index in [2.05, 4.69) is 29.6 Å². The predicted molar refractivity (Wildman–Crippen MR) is 78.9 cm³/mol. The van der Waals surface area contributed by atoms with Gasteiger partial charge >= 0.3 is 5.97 Å². The first-order chi connectivity index (χ1) is 9.72. The first kappa shape index (κ1) is 12.7. The van der Waals surface area contributed by atoms with Gasteiger partial charge in [-0.3, -0.25) is 4.79 Å². The number of rotatable bonds is 3. The summed E-state index contributed by atoms with van der Waals surface area (Å²) in [7, 11) is 0. The largest absolute Gasteiger partial charge is 0.481 e. The van der Waals surface area contributed by atoms with Crippen molar-refractivity contribution in [2.75, 3.05) is 5.32 Å². The fourth-order valence-electron chi connectivity index (χ4n) is 2.77. The number of aliphatic carboxylic acids is 1. The molecule has 0 saturated heterocycles. The van der Waals surface area contributed by atoms with Crippen LogP contribution < -0.4 is 5.32 Å². The average Bonchev–Trinajstić information content (AvgIpc) is 2.47. The van der Waals surface area contributed by atoms with Crippen molar-refractivity contribution in [1.29, 1.82) is 0 Å². The molecule has 0 spiro atoms. The van der Waals surface area contributed by atoms with E-state index in [1.807, 2.05) is 24.3 Å². The minimum absolute atomic E-state index is 0.0927. The minimum atomic E-state index is -0.782. The van der Waals surface area contributed by atoms with Crippen LogP contribution in [0.15, 0.2) is 48.5 Å². The van der Waals surface area contributed by atoms with Crippen LogP contribution >= 0.6 is 0 Å². The fraction of sp³-hybridized carbons (Fsp3) is 0.235. The molecule has 20 heavy (non-hydrogen) atoms. The van der Waals surface area contributed by atoms with E-state index >= 15 is 0 Å². The molecule has 1 unspecified atom stereocenters. The van der Waals surface area contributed by atoms with Gasteiger partial charge in [-0.2, -0.15) is 0 Å². The monoisotopic (exact) mass is 267 g/mol. The molecule has 1 aliphatic heterocycles. The van der Waals surface area contributed by atoms with Crippen LogP contribution in [-0.4, -0.2) is 11.1 Å². The van der Waals surface area contributed by atoms with Gasteiger partial charge in [0, 0.05) is 5.69 Å². The Hall–Kier alpha value is -2.29. The number of carboxylic acid groups (broad SMARTS) is 1. The van der Waals surface area contributed by atoms with Crippen LogP contribution in [0.2, 0.25) is 0 Å². The van der Waals surface area contributed by atoms with Crippen molar-refractivity contribution in [1.82, 2.24) is 0 Å². The molecule has 2 aromatic rings. The molecule has 0 bridgehead atoms. The highest BCUT2D eigenvalue weighted by molar-refractivity contribution is 5.71. The second kappa shape index (κ2) is 5.37. The van der Waals surface area contributed by atoms with Gasteiger partial charge in [0.1, 0.15) is 0 Å². The van der Waals surface area contributed by atoms with Crippen LogP contribution in [0.25, 0.3) is 0 Å². The third kappa shape index (κ3) is 2.67. The van der Waals surface area contributed by atoms with Crippen LogP contribution in [0, 0.1) is 0 Å². The molecule has 2 aromatic carbocycles. The first-order valence-electron chi connectivity index (χ1n) is 6.87. The number of hydrogen-bond donors (Lipinski definition) is 2. The Balaban J connectivity index is 1.80. The molecular weight excluding hydrogens is 250 g/mol. The quantitative estimate of drug-likeness (QED) is 0.896. The van der Waals surface area contributed by atoms with E-state index in [1.54, 1.807) is 0 Å². The molecule has 0 aromatic heterocycles. The maximum Gasteiger partial charge on any atom is 0.307 e. The van der Waals surface area contributed by atoms with Crippen LogP contribution in [0.1, 0.15) is 29.2 Å². The standard InChI is InChI=1S/C17H17NO2/c19-17(20)11-12-6-8-16-14(10-12)7-9-15(18-16)13-4-2-1-3-5-13/h1-6,8,10,15,18H,7,9,11H2,(H,19,20). The predicted octanol–water partition coefficient (Wildman–Crippen LogP) is 3.41. The van der Waals surface area contributed by atoms with Crippen molar-refractivity contribution in [3.63, 3.8) is 0 Å². The summed E-state index contributed by atoms with van der Waals surface area (Å²) >= 11 is 0. The zero-order valence-corrected chi connectivity index (χ0v) is 11.2. The molecule has 102 valence electrons. The summed E-state index contributed by atoms with van der Waals surface area (Å²) in [4.78, 5) is 10.8. The van der Waals surface area contributed by atoms with Gasteiger partial charge in [0.2, 0.25) is 0 Å². The molecule has 1 atom stereocenters. The molecule has 0 fully saturated rings. The van der Waals surface area contributed by atoms with Gasteiger partial charge in [0.05, 0.1) is 12.5 Å². The van der Waals surface area contributed by atoms with E-state index in [9.17, 15) is 4.79 Å². The molecule has 0 amide bonds. The van der Waals surface area contributed by atoms with Crippen LogP contribution in [0.4, 0.5) is 5.69 Å². The lowest BCUT2D eigenvalue weighted by molar-refractivity contribution is -0.136. The minimum Gasteiger partial charge on any atom is -0.481 e. The third-order valence-corrected chi connectivity index (χ3v) is 3.76. The number of hydrogen-bond acceptors (Lipinski definition) is 2. The van der Waals surface area contributed by atoms with Gasteiger partial charge in [-0.05, 0) is 35.6 Å². The fourth-order valence-corrected chi connectivity index (χ4v) is 2.77. The summed E-state index contributed by atoms with van der Waals surface area (Å²) in [5.74, 6) is -0.782. The van der Waals surface area contributed by atoms with Crippen molar-refractivity contribution in [2.24, 2.45) is 0 Å². The Morgan fingerprint density at radius 1 is 1.20 bits per heavy atom. The Labute approximate surface area is 118 Å². The molecule has 3 nitrogen and oxygen atoms in total. The van der Waals surface area contributed by atoms with Crippen molar-refractivity contribution in [2.45, 2.75) is 25.3 Å². The smallest absolute Gasteiger partial charge is 0.307 e. The molecule has 0 saturated carbocycles. The van der Waals surface area contributed by atoms with Gasteiger partial charge in [0.25, 0.3) is 0 Å². The number of fused-ring (bicyclic) bond motifs is 1. The Morgan fingerprint density at radius 3 is 2.75 bits per heavy atom. The lowest BCUT2D eigenvalue weighted by Gasteiger charge is -2.27. The van der Waals surface area contributed by atoms with Gasteiger partial charge < -0.3 is 10.4 Å². The van der Waals surface area contributed by atoms with Crippen LogP contribution in [0.5, 0.6) is 0 Å². The van der Waals surface area contributed by atoms with Crippen molar-refractivity contribution in [3.8, 4) is 0 Å². The maximum absolute atomic E-state index is 10.8. The zero-order valence-electron chi connectivity index (χ0n) is 11.2. The zero-order chi connectivity index (χ0) is 13.9. The highest BCUT2D eigenvalue weighted by Crippen LogP contribution is 2.33. The van der Waals surface area contributed by atoms with Gasteiger partial charge in [-0.1, -0.05) is 42.5 Å². The summed E-state index contributed by atoms with van der Waals surface area (Å²) in [5, 5.41) is 12.4. The van der Waals surface area contributed by atoms with E-state index in [-0.39, 0.29) is 6.42 Å². The normalized spacial score (nSPS) is 17.1. The first-order valence-corrected chi connectivity index (χ1v) is 6.87. The average molecular weight is 267 g/mol. The van der Waals surface area contributed by atoms with E-state index in [1.165, 1.54) is 11.1 Å². The highest BCUT2D eigenvalue weighted by Gasteiger charge is 2.19. The molecule has 3 heteroatoms. The number of anilines is 1. The number of carboxylic acids is 1. The van der Waals surface area contributed by atoms with Crippen LogP contribution in [-0.2, 0) is 17.6 Å². The van der Waals surface area contributed by atoms with E-state index in [4.69, 9.17) is 5.11 Å². The highest BCUT2D eigenvalue weighted by atomic mass is 16.4.